The molecular formula is C11H21NO. The molecule has 0 aromatic heterocycles. The highest BCUT2D eigenvalue weighted by Crippen LogP contribution is 2.22. The van der Waals surface area contributed by atoms with E-state index in [-0.39, 0.29) is 0 Å². The summed E-state index contributed by atoms with van der Waals surface area (Å²) in [6, 6.07) is 0. The van der Waals surface area contributed by atoms with Gasteiger partial charge in [0, 0.05) is 6.21 Å². The highest BCUT2D eigenvalue weighted by atomic mass is 16.6. The smallest absolute Gasteiger partial charge is 0.117 e. The fraction of sp³-hybridized carbons (Fsp3) is 0.909. The van der Waals surface area contributed by atoms with Gasteiger partial charge in [0.05, 0.1) is 0 Å². The maximum Gasteiger partial charge on any atom is 0.117 e. The summed E-state index contributed by atoms with van der Waals surface area (Å²) in [6.45, 7) is 2.98. The molecule has 2 heteroatoms. The van der Waals surface area contributed by atoms with Crippen molar-refractivity contribution < 1.29 is 4.84 Å². The molecule has 0 amide bonds. The van der Waals surface area contributed by atoms with Gasteiger partial charge in [-0.05, 0) is 25.2 Å². The second-order valence-corrected chi connectivity index (χ2v) is 3.84. The first-order chi connectivity index (χ1) is 6.43. The fourth-order valence-electron chi connectivity index (χ4n) is 1.70. The normalized spacial score (nSPS) is 18.5. The summed E-state index contributed by atoms with van der Waals surface area (Å²) >= 11 is 0. The Morgan fingerprint density at radius 2 is 2.08 bits per heavy atom. The molecule has 1 saturated carbocycles. The van der Waals surface area contributed by atoms with Crippen LogP contribution in [0.5, 0.6) is 0 Å². The molecule has 0 atom stereocenters. The van der Waals surface area contributed by atoms with E-state index in [2.05, 4.69) is 12.1 Å². The maximum atomic E-state index is 5.17. The molecule has 2 nitrogen and oxygen atoms in total. The van der Waals surface area contributed by atoms with Crippen LogP contribution in [-0.4, -0.2) is 12.8 Å². The van der Waals surface area contributed by atoms with Crippen LogP contribution >= 0.6 is 0 Å². The summed E-state index contributed by atoms with van der Waals surface area (Å²) in [5.41, 5.74) is 0. The molecular weight excluding hydrogens is 162 g/mol. The second kappa shape index (κ2) is 6.93. The van der Waals surface area contributed by atoms with E-state index in [4.69, 9.17) is 4.84 Å². The molecule has 0 heterocycles. The van der Waals surface area contributed by atoms with Crippen LogP contribution in [0.1, 0.15) is 51.9 Å². The quantitative estimate of drug-likeness (QED) is 0.351. The SMILES string of the molecule is CCCCCON=CC1CCCC1. The third kappa shape index (κ3) is 4.91. The Bertz CT molecular complexity index is 139. The summed E-state index contributed by atoms with van der Waals surface area (Å²) < 4.78 is 0. The van der Waals surface area contributed by atoms with Gasteiger partial charge in [-0.1, -0.05) is 37.8 Å². The molecule has 0 radical (unpaired) electrons. The minimum Gasteiger partial charge on any atom is -0.396 e. The highest BCUT2D eigenvalue weighted by molar-refractivity contribution is 5.60. The van der Waals surface area contributed by atoms with Gasteiger partial charge in [0.15, 0.2) is 0 Å². The summed E-state index contributed by atoms with van der Waals surface area (Å²) in [7, 11) is 0. The zero-order valence-corrected chi connectivity index (χ0v) is 8.67. The number of unbranched alkanes of at least 4 members (excludes halogenated alkanes) is 2. The molecule has 1 aliphatic rings. The zero-order valence-electron chi connectivity index (χ0n) is 8.67. The summed E-state index contributed by atoms with van der Waals surface area (Å²) in [4.78, 5) is 5.17. The lowest BCUT2D eigenvalue weighted by molar-refractivity contribution is 0.140. The van der Waals surface area contributed by atoms with E-state index >= 15 is 0 Å². The van der Waals surface area contributed by atoms with Gasteiger partial charge in [0.1, 0.15) is 6.61 Å². The molecule has 1 aliphatic carbocycles. The second-order valence-electron chi connectivity index (χ2n) is 3.84. The molecule has 0 aliphatic heterocycles. The van der Waals surface area contributed by atoms with Gasteiger partial charge < -0.3 is 4.84 Å². The average Bonchev–Trinajstić information content (AvgIpc) is 2.63. The molecule has 1 rings (SSSR count). The van der Waals surface area contributed by atoms with Crippen molar-refractivity contribution in [1.29, 1.82) is 0 Å². The Kier molecular flexibility index (Phi) is 5.62. The standard InChI is InChI=1S/C11H21NO/c1-2-3-6-9-13-12-10-11-7-4-5-8-11/h10-11H,2-9H2,1H3. The van der Waals surface area contributed by atoms with Crippen LogP contribution in [0, 0.1) is 5.92 Å². The predicted molar refractivity (Wildman–Crippen MR) is 55.9 cm³/mol. The monoisotopic (exact) mass is 183 g/mol. The fourth-order valence-corrected chi connectivity index (χ4v) is 1.70. The molecule has 76 valence electrons. The maximum absolute atomic E-state index is 5.17. The Morgan fingerprint density at radius 1 is 1.31 bits per heavy atom. The van der Waals surface area contributed by atoms with Crippen LogP contribution in [0.15, 0.2) is 5.16 Å². The van der Waals surface area contributed by atoms with Crippen molar-refractivity contribution in [1.82, 2.24) is 0 Å². The van der Waals surface area contributed by atoms with Gasteiger partial charge in [-0.25, -0.2) is 0 Å². The van der Waals surface area contributed by atoms with Crippen molar-refractivity contribution in [2.75, 3.05) is 6.61 Å². The van der Waals surface area contributed by atoms with Gasteiger partial charge in [0.25, 0.3) is 0 Å². The van der Waals surface area contributed by atoms with E-state index in [0.29, 0.717) is 5.92 Å². The summed E-state index contributed by atoms with van der Waals surface area (Å²) in [5, 5.41) is 4.00. The van der Waals surface area contributed by atoms with E-state index in [1.807, 2.05) is 6.21 Å². The molecule has 0 unspecified atom stereocenters. The number of rotatable bonds is 6. The molecule has 0 spiro atoms. The Balaban J connectivity index is 1.91. The van der Waals surface area contributed by atoms with Gasteiger partial charge in [0.2, 0.25) is 0 Å². The zero-order chi connectivity index (χ0) is 9.36. The summed E-state index contributed by atoms with van der Waals surface area (Å²) in [5.74, 6) is 0.700. The number of hydrogen-bond acceptors (Lipinski definition) is 2. The number of oxime groups is 1. The Morgan fingerprint density at radius 3 is 2.77 bits per heavy atom. The first-order valence-electron chi connectivity index (χ1n) is 5.59. The van der Waals surface area contributed by atoms with Gasteiger partial charge >= 0.3 is 0 Å². The van der Waals surface area contributed by atoms with Gasteiger partial charge in [-0.3, -0.25) is 0 Å². The van der Waals surface area contributed by atoms with Crippen LogP contribution in [0.2, 0.25) is 0 Å². The van der Waals surface area contributed by atoms with Crippen LogP contribution < -0.4 is 0 Å². The van der Waals surface area contributed by atoms with Crippen molar-refractivity contribution in [3.63, 3.8) is 0 Å². The predicted octanol–water partition coefficient (Wildman–Crippen LogP) is 3.37. The van der Waals surface area contributed by atoms with Gasteiger partial charge in [-0.15, -0.1) is 0 Å². The van der Waals surface area contributed by atoms with E-state index in [1.165, 1.54) is 38.5 Å². The minimum atomic E-state index is 0.700. The van der Waals surface area contributed by atoms with Gasteiger partial charge in [-0.2, -0.15) is 0 Å². The third-order valence-corrected chi connectivity index (χ3v) is 2.59. The largest absolute Gasteiger partial charge is 0.396 e. The van der Waals surface area contributed by atoms with Crippen LogP contribution in [-0.2, 0) is 4.84 Å². The topological polar surface area (TPSA) is 21.6 Å². The van der Waals surface area contributed by atoms with E-state index in [1.54, 1.807) is 0 Å². The lowest BCUT2D eigenvalue weighted by atomic mass is 10.1. The minimum absolute atomic E-state index is 0.700. The van der Waals surface area contributed by atoms with Crippen molar-refractivity contribution in [2.24, 2.45) is 11.1 Å². The first kappa shape index (κ1) is 10.6. The Labute approximate surface area is 81.3 Å². The van der Waals surface area contributed by atoms with Crippen molar-refractivity contribution in [3.05, 3.63) is 0 Å². The van der Waals surface area contributed by atoms with Crippen LogP contribution in [0.3, 0.4) is 0 Å². The lowest BCUT2D eigenvalue weighted by Gasteiger charge is -2.00. The van der Waals surface area contributed by atoms with Crippen molar-refractivity contribution in [3.8, 4) is 0 Å². The van der Waals surface area contributed by atoms with E-state index in [0.717, 1.165) is 13.0 Å². The molecule has 0 aromatic carbocycles. The molecule has 0 aromatic rings. The lowest BCUT2D eigenvalue weighted by Crippen LogP contribution is -1.95. The van der Waals surface area contributed by atoms with Crippen molar-refractivity contribution >= 4 is 6.21 Å². The third-order valence-electron chi connectivity index (χ3n) is 2.59. The van der Waals surface area contributed by atoms with E-state index < -0.39 is 0 Å². The molecule has 1 fully saturated rings. The number of hydrogen-bond donors (Lipinski definition) is 0. The molecule has 13 heavy (non-hydrogen) atoms. The summed E-state index contributed by atoms with van der Waals surface area (Å²) in [6.07, 6.45) is 11.0. The first-order valence-corrected chi connectivity index (χ1v) is 5.59. The van der Waals surface area contributed by atoms with Crippen LogP contribution in [0.25, 0.3) is 0 Å². The highest BCUT2D eigenvalue weighted by Gasteiger charge is 2.11. The van der Waals surface area contributed by atoms with Crippen molar-refractivity contribution in [2.45, 2.75) is 51.9 Å². The molecule has 0 bridgehead atoms. The van der Waals surface area contributed by atoms with E-state index in [9.17, 15) is 0 Å². The number of nitrogens with zero attached hydrogens (tertiary/aromatic N) is 1. The molecule has 0 N–H and O–H groups in total. The Hall–Kier alpha value is -0.530. The molecule has 0 saturated heterocycles. The average molecular weight is 183 g/mol. The van der Waals surface area contributed by atoms with Crippen LogP contribution in [0.4, 0.5) is 0 Å².